The Morgan fingerprint density at radius 3 is 2.52 bits per heavy atom. The van der Waals surface area contributed by atoms with E-state index in [0.29, 0.717) is 6.54 Å². The van der Waals surface area contributed by atoms with Gasteiger partial charge in [0.1, 0.15) is 0 Å². The van der Waals surface area contributed by atoms with E-state index in [-0.39, 0.29) is 16.8 Å². The highest BCUT2D eigenvalue weighted by molar-refractivity contribution is 7.89. The number of carbonyl (C=O) groups excluding carboxylic acids is 1. The fourth-order valence-electron chi connectivity index (χ4n) is 1.80. The lowest BCUT2D eigenvalue weighted by atomic mass is 10.1. The maximum atomic E-state index is 12.3. The van der Waals surface area contributed by atoms with Crippen molar-refractivity contribution < 1.29 is 13.2 Å². The molecule has 0 saturated heterocycles. The van der Waals surface area contributed by atoms with E-state index in [1.54, 1.807) is 26.1 Å². The Bertz CT molecular complexity index is 587. The summed E-state index contributed by atoms with van der Waals surface area (Å²) in [4.78, 5) is 11.8. The third-order valence-corrected chi connectivity index (χ3v) is 4.72. The Morgan fingerprint density at radius 2 is 1.95 bits per heavy atom. The highest BCUT2D eigenvalue weighted by Gasteiger charge is 2.22. The summed E-state index contributed by atoms with van der Waals surface area (Å²) in [6.07, 6.45) is 0. The van der Waals surface area contributed by atoms with Gasteiger partial charge in [-0.05, 0) is 45.5 Å². The first kappa shape index (κ1) is 17.6. The van der Waals surface area contributed by atoms with Crippen molar-refractivity contribution in [3.63, 3.8) is 0 Å². The molecule has 0 aliphatic carbocycles. The van der Waals surface area contributed by atoms with Gasteiger partial charge in [-0.2, -0.15) is 4.72 Å². The van der Waals surface area contributed by atoms with E-state index in [1.165, 1.54) is 13.0 Å². The predicted octanol–water partition coefficient (Wildman–Crippen LogP) is 0.770. The van der Waals surface area contributed by atoms with Gasteiger partial charge in [-0.1, -0.05) is 12.1 Å². The maximum Gasteiger partial charge on any atom is 0.241 e. The molecule has 118 valence electrons. The first-order valence-corrected chi connectivity index (χ1v) is 8.37. The topological polar surface area (TPSA) is 87.3 Å². The van der Waals surface area contributed by atoms with Crippen LogP contribution in [0.25, 0.3) is 0 Å². The number of benzene rings is 1. The number of amides is 1. The summed E-state index contributed by atoms with van der Waals surface area (Å²) in [5.74, 6) is -0.346. The van der Waals surface area contributed by atoms with Gasteiger partial charge in [-0.25, -0.2) is 8.42 Å². The second kappa shape index (κ2) is 7.53. The third-order valence-electron chi connectivity index (χ3n) is 3.18. The van der Waals surface area contributed by atoms with Crippen molar-refractivity contribution in [3.05, 3.63) is 29.8 Å². The van der Waals surface area contributed by atoms with Gasteiger partial charge in [0, 0.05) is 12.6 Å². The van der Waals surface area contributed by atoms with Gasteiger partial charge >= 0.3 is 0 Å². The van der Waals surface area contributed by atoms with Crippen molar-refractivity contribution in [1.29, 1.82) is 0 Å². The molecule has 0 radical (unpaired) electrons. The lowest BCUT2D eigenvalue weighted by Gasteiger charge is -2.15. The van der Waals surface area contributed by atoms with Gasteiger partial charge in [-0.15, -0.1) is 0 Å². The number of nitrogens with one attached hydrogen (secondary N) is 3. The molecule has 0 bridgehead atoms. The maximum absolute atomic E-state index is 12.3. The summed E-state index contributed by atoms with van der Waals surface area (Å²) in [5, 5.41) is 5.64. The van der Waals surface area contributed by atoms with Crippen LogP contribution in [0.4, 0.5) is 0 Å². The van der Waals surface area contributed by atoms with Crippen LogP contribution in [-0.4, -0.2) is 34.0 Å². The molecular formula is C14H23N3O3S. The number of likely N-dealkylation sites (N-methyl/N-ethyl adjacent to an activating group) is 1. The number of hydrogen-bond donors (Lipinski definition) is 3. The Kier molecular flexibility index (Phi) is 6.32. The molecule has 2 unspecified atom stereocenters. The van der Waals surface area contributed by atoms with Gasteiger partial charge in [0.2, 0.25) is 15.9 Å². The fraction of sp³-hybridized carbons (Fsp3) is 0.500. The van der Waals surface area contributed by atoms with Gasteiger partial charge in [0.15, 0.2) is 0 Å². The quantitative estimate of drug-likeness (QED) is 0.694. The Balaban J connectivity index is 2.95. The number of carbonyl (C=O) groups is 1. The summed E-state index contributed by atoms with van der Waals surface area (Å²) in [6, 6.07) is 5.88. The van der Waals surface area contributed by atoms with E-state index >= 15 is 0 Å². The lowest BCUT2D eigenvalue weighted by molar-refractivity contribution is -0.122. The lowest BCUT2D eigenvalue weighted by Crippen LogP contribution is -2.44. The highest BCUT2D eigenvalue weighted by Crippen LogP contribution is 2.17. The first-order valence-electron chi connectivity index (χ1n) is 6.89. The number of rotatable bonds is 7. The van der Waals surface area contributed by atoms with Crippen LogP contribution in [0.2, 0.25) is 0 Å². The molecule has 6 nitrogen and oxygen atoms in total. The minimum absolute atomic E-state index is 0.0426. The van der Waals surface area contributed by atoms with E-state index in [1.807, 2.05) is 13.0 Å². The highest BCUT2D eigenvalue weighted by atomic mass is 32.2. The largest absolute Gasteiger partial charge is 0.355 e. The molecule has 2 atom stereocenters. The van der Waals surface area contributed by atoms with Gasteiger partial charge in [-0.3, -0.25) is 4.79 Å². The van der Waals surface area contributed by atoms with Crippen LogP contribution in [0.5, 0.6) is 0 Å². The third kappa shape index (κ3) is 4.80. The minimum atomic E-state index is -3.73. The van der Waals surface area contributed by atoms with Crippen molar-refractivity contribution in [3.8, 4) is 0 Å². The van der Waals surface area contributed by atoms with Crippen molar-refractivity contribution >= 4 is 15.9 Å². The summed E-state index contributed by atoms with van der Waals surface area (Å²) in [7, 11) is -1.92. The molecule has 0 aliphatic heterocycles. The van der Waals surface area contributed by atoms with E-state index in [2.05, 4.69) is 15.4 Å². The Morgan fingerprint density at radius 1 is 1.29 bits per heavy atom. The van der Waals surface area contributed by atoms with Crippen LogP contribution in [0.3, 0.4) is 0 Å². The zero-order valence-corrected chi connectivity index (χ0v) is 13.6. The van der Waals surface area contributed by atoms with E-state index in [9.17, 15) is 13.2 Å². The molecule has 0 fully saturated rings. The molecule has 0 aromatic heterocycles. The monoisotopic (exact) mass is 313 g/mol. The minimum Gasteiger partial charge on any atom is -0.355 e. The summed E-state index contributed by atoms with van der Waals surface area (Å²) in [5.41, 5.74) is 0.867. The van der Waals surface area contributed by atoms with Gasteiger partial charge < -0.3 is 10.6 Å². The summed E-state index contributed by atoms with van der Waals surface area (Å²) >= 11 is 0. The van der Waals surface area contributed by atoms with Crippen molar-refractivity contribution in [1.82, 2.24) is 15.4 Å². The molecule has 7 heteroatoms. The molecule has 0 aliphatic rings. The van der Waals surface area contributed by atoms with Crippen molar-refractivity contribution in [2.45, 2.75) is 37.8 Å². The molecule has 1 rings (SSSR count). The molecule has 21 heavy (non-hydrogen) atoms. The van der Waals surface area contributed by atoms with Crippen LogP contribution < -0.4 is 15.4 Å². The first-order chi connectivity index (χ1) is 9.81. The second-order valence-electron chi connectivity index (χ2n) is 4.82. The smallest absolute Gasteiger partial charge is 0.241 e. The number of sulfonamides is 1. The molecule has 0 heterocycles. The number of hydrogen-bond acceptors (Lipinski definition) is 4. The van der Waals surface area contributed by atoms with Crippen LogP contribution >= 0.6 is 0 Å². The van der Waals surface area contributed by atoms with Crippen LogP contribution in [0, 0.1) is 0 Å². The van der Waals surface area contributed by atoms with E-state index < -0.39 is 16.1 Å². The zero-order valence-electron chi connectivity index (χ0n) is 12.8. The van der Waals surface area contributed by atoms with Crippen LogP contribution in [0.15, 0.2) is 29.2 Å². The van der Waals surface area contributed by atoms with E-state index in [4.69, 9.17) is 0 Å². The average Bonchev–Trinajstić information content (AvgIpc) is 2.46. The van der Waals surface area contributed by atoms with Gasteiger partial charge in [0.25, 0.3) is 0 Å². The molecule has 3 N–H and O–H groups in total. The molecule has 1 amide bonds. The Labute approximate surface area is 126 Å². The van der Waals surface area contributed by atoms with Crippen LogP contribution in [0.1, 0.15) is 32.4 Å². The summed E-state index contributed by atoms with van der Waals surface area (Å²) < 4.78 is 27.0. The van der Waals surface area contributed by atoms with Crippen LogP contribution in [-0.2, 0) is 14.8 Å². The zero-order chi connectivity index (χ0) is 16.0. The van der Waals surface area contributed by atoms with E-state index in [0.717, 1.165) is 5.56 Å². The SMILES string of the molecule is CCNC(=O)C(C)NS(=O)(=O)c1cccc(C(C)NC)c1. The van der Waals surface area contributed by atoms with Crippen molar-refractivity contribution in [2.75, 3.05) is 13.6 Å². The predicted molar refractivity (Wildman–Crippen MR) is 82.4 cm³/mol. The van der Waals surface area contributed by atoms with Crippen molar-refractivity contribution in [2.24, 2.45) is 0 Å². The Hall–Kier alpha value is -1.44. The molecule has 0 spiro atoms. The standard InChI is InChI=1S/C14H23N3O3S/c1-5-16-14(18)11(3)17-21(19,20)13-8-6-7-12(9-13)10(2)15-4/h6-11,15,17H,5H2,1-4H3,(H,16,18). The molecular weight excluding hydrogens is 290 g/mol. The average molecular weight is 313 g/mol. The molecule has 0 saturated carbocycles. The normalized spacial score (nSPS) is 14.5. The second-order valence-corrected chi connectivity index (χ2v) is 6.53. The fourth-order valence-corrected chi connectivity index (χ4v) is 3.06. The van der Waals surface area contributed by atoms with Gasteiger partial charge in [0.05, 0.1) is 10.9 Å². The molecule has 1 aromatic carbocycles. The summed E-state index contributed by atoms with van der Waals surface area (Å²) in [6.45, 7) is 5.70. The molecule has 1 aromatic rings.